The summed E-state index contributed by atoms with van der Waals surface area (Å²) in [6, 6.07) is 22.2. The highest BCUT2D eigenvalue weighted by atomic mass is 28.3. The molecule has 0 spiro atoms. The highest BCUT2D eigenvalue weighted by Crippen LogP contribution is 2.53. The molecule has 0 radical (unpaired) electrons. The van der Waals surface area contributed by atoms with Crippen LogP contribution in [0.2, 0.25) is 13.1 Å². The van der Waals surface area contributed by atoms with Crippen molar-refractivity contribution in [2.45, 2.75) is 38.0 Å². The largest absolute Gasteiger partial charge is 0.323 e. The maximum Gasteiger partial charge on any atom is 0.0722 e. The molecule has 0 saturated carbocycles. The molecule has 164 valence electrons. The molecule has 2 atom stereocenters. The van der Waals surface area contributed by atoms with Gasteiger partial charge < -0.3 is 9.13 Å². The Morgan fingerprint density at radius 3 is 1.36 bits per heavy atom. The number of aromatic nitrogens is 2. The van der Waals surface area contributed by atoms with Crippen LogP contribution in [0.15, 0.2) is 96.6 Å². The van der Waals surface area contributed by atoms with Crippen LogP contribution in [0.25, 0.3) is 23.5 Å². The van der Waals surface area contributed by atoms with E-state index in [0.717, 1.165) is 0 Å². The molecule has 0 aliphatic heterocycles. The summed E-state index contributed by atoms with van der Waals surface area (Å²) in [5.41, 5.74) is 12.5. The van der Waals surface area contributed by atoms with Crippen molar-refractivity contribution in [3.05, 3.63) is 119 Å². The van der Waals surface area contributed by atoms with Gasteiger partial charge in [0, 0.05) is 47.0 Å². The second-order valence-electron chi connectivity index (χ2n) is 10.2. The van der Waals surface area contributed by atoms with E-state index in [1.165, 1.54) is 44.8 Å². The van der Waals surface area contributed by atoms with Gasteiger partial charge in [-0.1, -0.05) is 60.7 Å². The minimum atomic E-state index is -1.84. The molecule has 6 rings (SSSR count). The second-order valence-corrected chi connectivity index (χ2v) is 15.0. The number of fused-ring (bicyclic) bond motifs is 2. The maximum absolute atomic E-state index is 2.60. The highest BCUT2D eigenvalue weighted by molar-refractivity contribution is 6.81. The fourth-order valence-electron chi connectivity index (χ4n) is 6.65. The zero-order chi connectivity index (χ0) is 22.7. The third-order valence-corrected chi connectivity index (χ3v) is 12.3. The quantitative estimate of drug-likeness (QED) is 0.284. The summed E-state index contributed by atoms with van der Waals surface area (Å²) in [7, 11) is -1.84. The first-order valence-corrected chi connectivity index (χ1v) is 15.0. The summed E-state index contributed by atoms with van der Waals surface area (Å²) >= 11 is 0. The third-order valence-electron chi connectivity index (χ3n) is 7.76. The maximum atomic E-state index is 2.60. The van der Waals surface area contributed by atoms with Gasteiger partial charge >= 0.3 is 0 Å². The van der Waals surface area contributed by atoms with Crippen molar-refractivity contribution < 1.29 is 0 Å². The monoisotopic (exact) mass is 446 g/mol. The molecular formula is C30H30N2Si. The topological polar surface area (TPSA) is 9.86 Å². The molecule has 4 aromatic rings. The minimum Gasteiger partial charge on any atom is -0.323 e. The van der Waals surface area contributed by atoms with E-state index in [0.29, 0.717) is 11.1 Å². The van der Waals surface area contributed by atoms with Gasteiger partial charge in [0.15, 0.2) is 0 Å². The fraction of sp³-hybridized carbons (Fsp3) is 0.200. The number of hydrogen-bond donors (Lipinski definition) is 0. The first-order chi connectivity index (χ1) is 16.0. The predicted octanol–water partition coefficient (Wildman–Crippen LogP) is 7.76. The van der Waals surface area contributed by atoms with E-state index in [4.69, 9.17) is 0 Å². The van der Waals surface area contributed by atoms with Crippen molar-refractivity contribution in [3.63, 3.8) is 0 Å². The Bertz CT molecular complexity index is 1290. The van der Waals surface area contributed by atoms with Gasteiger partial charge in [-0.3, -0.25) is 0 Å². The molecule has 2 aliphatic rings. The summed E-state index contributed by atoms with van der Waals surface area (Å²) in [5, 5.41) is 0. The zero-order valence-electron chi connectivity index (χ0n) is 19.8. The highest BCUT2D eigenvalue weighted by Gasteiger charge is 2.47. The molecule has 2 aliphatic carbocycles. The van der Waals surface area contributed by atoms with Crippen molar-refractivity contribution in [1.29, 1.82) is 0 Å². The Balaban J connectivity index is 1.47. The van der Waals surface area contributed by atoms with Crippen molar-refractivity contribution >= 4 is 20.2 Å². The molecule has 3 heteroatoms. The minimum absolute atomic E-state index is 0.512. The lowest BCUT2D eigenvalue weighted by Gasteiger charge is -2.39. The van der Waals surface area contributed by atoms with Crippen molar-refractivity contribution in [2.24, 2.45) is 0 Å². The van der Waals surface area contributed by atoms with Crippen molar-refractivity contribution in [1.82, 2.24) is 9.13 Å². The van der Waals surface area contributed by atoms with Crippen LogP contribution in [-0.4, -0.2) is 17.2 Å². The summed E-state index contributed by atoms with van der Waals surface area (Å²) in [5.74, 6) is 0. The van der Waals surface area contributed by atoms with Gasteiger partial charge in [-0.05, 0) is 61.4 Å². The summed E-state index contributed by atoms with van der Waals surface area (Å²) in [6.45, 7) is 9.91. The van der Waals surface area contributed by atoms with Crippen LogP contribution in [-0.2, 0) is 0 Å². The van der Waals surface area contributed by atoms with Gasteiger partial charge in [0.25, 0.3) is 0 Å². The lowest BCUT2D eigenvalue weighted by atomic mass is 10.1. The Kier molecular flexibility index (Phi) is 4.53. The van der Waals surface area contributed by atoms with E-state index in [-0.39, 0.29) is 0 Å². The molecule has 2 aromatic heterocycles. The van der Waals surface area contributed by atoms with Crippen molar-refractivity contribution in [3.8, 4) is 11.4 Å². The predicted molar refractivity (Wildman–Crippen MR) is 142 cm³/mol. The molecule has 0 saturated heterocycles. The third kappa shape index (κ3) is 2.99. The van der Waals surface area contributed by atoms with Crippen LogP contribution < -0.4 is 0 Å². The van der Waals surface area contributed by atoms with E-state index < -0.39 is 8.07 Å². The molecule has 0 bridgehead atoms. The second kappa shape index (κ2) is 7.36. The van der Waals surface area contributed by atoms with Gasteiger partial charge in [0.1, 0.15) is 0 Å². The average Bonchev–Trinajstić information content (AvgIpc) is 3.56. The SMILES string of the molecule is CC1=Cc2c(cccc2-n2cccc2)[C@@H]1[Si](C)(C)[C@H]1C(C)=Cc2c1cccc2-n1cccc1. The Labute approximate surface area is 197 Å². The number of rotatable bonds is 4. The zero-order valence-corrected chi connectivity index (χ0v) is 20.8. The van der Waals surface area contributed by atoms with Crippen LogP contribution in [0.4, 0.5) is 0 Å². The van der Waals surface area contributed by atoms with E-state index in [9.17, 15) is 0 Å². The summed E-state index contributed by atoms with van der Waals surface area (Å²) in [6.07, 6.45) is 13.5. The van der Waals surface area contributed by atoms with Gasteiger partial charge in [-0.25, -0.2) is 0 Å². The number of nitrogens with zero attached hydrogens (tertiary/aromatic N) is 2. The van der Waals surface area contributed by atoms with E-state index in [1.54, 1.807) is 0 Å². The standard InChI is InChI=1S/C30H30N2Si/c1-21-19-25-23(11-9-13-27(25)31-15-5-6-16-31)29(21)33(3,4)30-22(2)20-26-24(30)12-10-14-28(26)32-17-7-8-18-32/h5-20,29-30H,1-4H3/t29-,30+. The van der Waals surface area contributed by atoms with Gasteiger partial charge in [-0.15, -0.1) is 0 Å². The molecule has 0 amide bonds. The van der Waals surface area contributed by atoms with Gasteiger partial charge in [-0.2, -0.15) is 0 Å². The lowest BCUT2D eigenvalue weighted by molar-refractivity contribution is 0.961. The summed E-state index contributed by atoms with van der Waals surface area (Å²) in [4.78, 5) is 0. The number of benzene rings is 2. The molecule has 33 heavy (non-hydrogen) atoms. The van der Waals surface area contributed by atoms with Crippen LogP contribution in [0.3, 0.4) is 0 Å². The number of hydrogen-bond acceptors (Lipinski definition) is 0. The summed E-state index contributed by atoms with van der Waals surface area (Å²) < 4.78 is 4.50. The lowest BCUT2D eigenvalue weighted by Crippen LogP contribution is -2.42. The normalized spacial score (nSPS) is 19.3. The Morgan fingerprint density at radius 1 is 0.576 bits per heavy atom. The van der Waals surface area contributed by atoms with Crippen LogP contribution >= 0.6 is 0 Å². The molecule has 2 heterocycles. The van der Waals surface area contributed by atoms with E-state index >= 15 is 0 Å². The van der Waals surface area contributed by atoms with E-state index in [2.05, 4.69) is 134 Å². The average molecular weight is 447 g/mol. The van der Waals surface area contributed by atoms with Crippen molar-refractivity contribution in [2.75, 3.05) is 0 Å². The molecular weight excluding hydrogens is 416 g/mol. The molecule has 0 N–H and O–H groups in total. The molecule has 0 fully saturated rings. The first-order valence-electron chi connectivity index (χ1n) is 11.9. The number of allylic oxidation sites excluding steroid dienone is 2. The molecule has 2 aromatic carbocycles. The first kappa shape index (κ1) is 20.3. The Hall–Kier alpha value is -3.30. The van der Waals surface area contributed by atoms with Gasteiger partial charge in [0.05, 0.1) is 19.4 Å². The van der Waals surface area contributed by atoms with E-state index in [1.807, 2.05) is 0 Å². The molecule has 2 nitrogen and oxygen atoms in total. The Morgan fingerprint density at radius 2 is 0.970 bits per heavy atom. The van der Waals surface area contributed by atoms with Crippen LogP contribution in [0.1, 0.15) is 47.2 Å². The molecule has 0 unspecified atom stereocenters. The van der Waals surface area contributed by atoms with Crippen LogP contribution in [0.5, 0.6) is 0 Å². The van der Waals surface area contributed by atoms with Crippen LogP contribution in [0, 0.1) is 0 Å². The van der Waals surface area contributed by atoms with Gasteiger partial charge in [0.2, 0.25) is 0 Å². The smallest absolute Gasteiger partial charge is 0.0722 e. The fourth-order valence-corrected chi connectivity index (χ4v) is 11.6.